The van der Waals surface area contributed by atoms with E-state index in [4.69, 9.17) is 0 Å². The fraction of sp³-hybridized carbons (Fsp3) is 0.350. The Morgan fingerprint density at radius 1 is 1.10 bits per heavy atom. The number of benzene rings is 2. The van der Waals surface area contributed by atoms with Crippen LogP contribution in [-0.2, 0) is 24.7 Å². The van der Waals surface area contributed by atoms with Crippen LogP contribution in [0.3, 0.4) is 0 Å². The molecule has 0 aromatic heterocycles. The summed E-state index contributed by atoms with van der Waals surface area (Å²) in [4.78, 5) is 14.2. The van der Waals surface area contributed by atoms with E-state index in [2.05, 4.69) is 4.72 Å². The molecule has 1 fully saturated rings. The van der Waals surface area contributed by atoms with Crippen LogP contribution < -0.4 is 4.72 Å². The summed E-state index contributed by atoms with van der Waals surface area (Å²) in [5, 5.41) is 0. The van der Waals surface area contributed by atoms with Crippen molar-refractivity contribution in [3.05, 3.63) is 60.4 Å². The lowest BCUT2D eigenvalue weighted by Crippen LogP contribution is -2.49. The van der Waals surface area contributed by atoms with Gasteiger partial charge in [-0.05, 0) is 50.1 Å². The van der Waals surface area contributed by atoms with E-state index in [-0.39, 0.29) is 15.5 Å². The number of carbonyl (C=O) groups is 1. The molecule has 0 bridgehead atoms. The van der Waals surface area contributed by atoms with E-state index in [0.717, 1.165) is 12.1 Å². The fourth-order valence-electron chi connectivity index (χ4n) is 3.51. The molecule has 1 amide bonds. The Bertz CT molecular complexity index is 1120. The first-order valence-corrected chi connectivity index (χ1v) is 12.6. The maximum Gasteiger partial charge on any atom is 0.241 e. The molecule has 2 unspecified atom stereocenters. The van der Waals surface area contributed by atoms with Gasteiger partial charge in [-0.25, -0.2) is 21.2 Å². The third-order valence-corrected chi connectivity index (χ3v) is 8.34. The Hall–Kier alpha value is -2.30. The van der Waals surface area contributed by atoms with E-state index < -0.39 is 43.7 Å². The summed E-state index contributed by atoms with van der Waals surface area (Å²) in [6.07, 6.45) is 1.14. The molecule has 1 saturated heterocycles. The lowest BCUT2D eigenvalue weighted by molar-refractivity contribution is -0.133. The molecule has 2 aromatic rings. The van der Waals surface area contributed by atoms with E-state index in [1.165, 1.54) is 36.1 Å². The first-order valence-electron chi connectivity index (χ1n) is 9.46. The summed E-state index contributed by atoms with van der Waals surface area (Å²) < 4.78 is 65.9. The van der Waals surface area contributed by atoms with Crippen molar-refractivity contribution in [1.82, 2.24) is 9.62 Å². The van der Waals surface area contributed by atoms with E-state index >= 15 is 0 Å². The second-order valence-electron chi connectivity index (χ2n) is 7.22. The van der Waals surface area contributed by atoms with Crippen molar-refractivity contribution in [1.29, 1.82) is 0 Å². The summed E-state index contributed by atoms with van der Waals surface area (Å²) in [7, 11) is -7.70. The topological polar surface area (TPSA) is 101 Å². The fourth-order valence-corrected chi connectivity index (χ4v) is 6.36. The Balaban J connectivity index is 1.72. The van der Waals surface area contributed by atoms with Gasteiger partial charge in [0.25, 0.3) is 0 Å². The molecule has 162 valence electrons. The molecule has 0 spiro atoms. The van der Waals surface area contributed by atoms with Gasteiger partial charge in [-0.2, -0.15) is 4.72 Å². The minimum absolute atomic E-state index is 0.184. The number of carbonyl (C=O) groups excluding carboxylic acids is 1. The second-order valence-corrected chi connectivity index (χ2v) is 11.0. The van der Waals surface area contributed by atoms with Crippen molar-refractivity contribution >= 4 is 25.8 Å². The molecule has 1 aliphatic heterocycles. The van der Waals surface area contributed by atoms with Gasteiger partial charge in [0.15, 0.2) is 9.84 Å². The molecule has 0 radical (unpaired) electrons. The van der Waals surface area contributed by atoms with Crippen LogP contribution in [0, 0.1) is 5.82 Å². The summed E-state index contributed by atoms with van der Waals surface area (Å²) in [6, 6.07) is 10.8. The van der Waals surface area contributed by atoms with Crippen molar-refractivity contribution in [2.75, 3.05) is 12.3 Å². The van der Waals surface area contributed by atoms with E-state index in [1.54, 1.807) is 18.2 Å². The normalized spacial score (nSPS) is 18.3. The number of nitrogens with one attached hydrogen (secondary N) is 1. The van der Waals surface area contributed by atoms with Crippen molar-refractivity contribution in [3.63, 3.8) is 0 Å². The number of nitrogens with zero attached hydrogens (tertiary/aromatic N) is 1. The number of hydrogen-bond donors (Lipinski definition) is 1. The lowest BCUT2D eigenvalue weighted by Gasteiger charge is -2.27. The molecule has 3 rings (SSSR count). The Labute approximate surface area is 175 Å². The Morgan fingerprint density at radius 2 is 1.77 bits per heavy atom. The zero-order valence-electron chi connectivity index (χ0n) is 16.4. The number of likely N-dealkylation sites (tertiary alicyclic amines) is 1. The lowest BCUT2D eigenvalue weighted by atomic mass is 10.2. The standard InChI is InChI=1S/C20H23FN2O5S2/c1-15(22-30(27,28)19-11-5-7-16(21)13-19)20(24)23-12-6-8-17(23)14-29(25,26)18-9-3-2-4-10-18/h2-5,7,9-11,13,15,17,22H,6,8,12,14H2,1H3. The number of sulfone groups is 1. The summed E-state index contributed by atoms with van der Waals surface area (Å²) >= 11 is 0. The molecular formula is C20H23FN2O5S2. The maximum absolute atomic E-state index is 13.4. The first-order chi connectivity index (χ1) is 14.1. The highest BCUT2D eigenvalue weighted by Crippen LogP contribution is 2.23. The summed E-state index contributed by atoms with van der Waals surface area (Å²) in [6.45, 7) is 1.74. The van der Waals surface area contributed by atoms with Gasteiger partial charge in [-0.3, -0.25) is 4.79 Å². The van der Waals surface area contributed by atoms with Gasteiger partial charge in [-0.1, -0.05) is 24.3 Å². The molecule has 1 aliphatic rings. The molecule has 10 heteroatoms. The molecular weight excluding hydrogens is 431 g/mol. The van der Waals surface area contributed by atoms with E-state index in [1.807, 2.05) is 0 Å². The van der Waals surface area contributed by atoms with Crippen LogP contribution in [0.25, 0.3) is 0 Å². The molecule has 7 nitrogen and oxygen atoms in total. The van der Waals surface area contributed by atoms with Gasteiger partial charge in [0.1, 0.15) is 5.82 Å². The molecule has 1 N–H and O–H groups in total. The van der Waals surface area contributed by atoms with Gasteiger partial charge < -0.3 is 4.90 Å². The minimum atomic E-state index is -4.11. The average molecular weight is 455 g/mol. The van der Waals surface area contributed by atoms with Crippen LogP contribution in [0.1, 0.15) is 19.8 Å². The van der Waals surface area contributed by atoms with Crippen LogP contribution in [0.5, 0.6) is 0 Å². The summed E-state index contributed by atoms with van der Waals surface area (Å²) in [5.74, 6) is -1.45. The van der Waals surface area contributed by atoms with Crippen LogP contribution in [0.2, 0.25) is 0 Å². The van der Waals surface area contributed by atoms with Crippen molar-refractivity contribution in [3.8, 4) is 0 Å². The number of rotatable bonds is 7. The number of sulfonamides is 1. The maximum atomic E-state index is 13.4. The van der Waals surface area contributed by atoms with Gasteiger partial charge >= 0.3 is 0 Å². The summed E-state index contributed by atoms with van der Waals surface area (Å²) in [5.41, 5.74) is 0. The monoisotopic (exact) mass is 454 g/mol. The van der Waals surface area contributed by atoms with Gasteiger partial charge in [0.2, 0.25) is 15.9 Å². The van der Waals surface area contributed by atoms with Crippen molar-refractivity contribution in [2.24, 2.45) is 0 Å². The molecule has 0 aliphatic carbocycles. The zero-order valence-corrected chi connectivity index (χ0v) is 18.0. The van der Waals surface area contributed by atoms with Crippen LogP contribution >= 0.6 is 0 Å². The van der Waals surface area contributed by atoms with Crippen molar-refractivity contribution in [2.45, 2.75) is 41.6 Å². The molecule has 2 aromatic carbocycles. The largest absolute Gasteiger partial charge is 0.337 e. The highest BCUT2D eigenvalue weighted by Gasteiger charge is 2.36. The zero-order chi connectivity index (χ0) is 21.9. The SMILES string of the molecule is CC(NS(=O)(=O)c1cccc(F)c1)C(=O)N1CCCC1CS(=O)(=O)c1ccccc1. The predicted molar refractivity (Wildman–Crippen MR) is 109 cm³/mol. The second kappa shape index (κ2) is 8.83. The van der Waals surface area contributed by atoms with Crippen LogP contribution in [0.4, 0.5) is 4.39 Å². The molecule has 1 heterocycles. The third-order valence-electron chi connectivity index (χ3n) is 4.98. The van der Waals surface area contributed by atoms with Gasteiger partial charge in [0.05, 0.1) is 21.6 Å². The quantitative estimate of drug-likeness (QED) is 0.689. The predicted octanol–water partition coefficient (Wildman–Crippen LogP) is 1.96. The molecule has 0 saturated carbocycles. The van der Waals surface area contributed by atoms with Gasteiger partial charge in [0, 0.05) is 12.6 Å². The van der Waals surface area contributed by atoms with Crippen LogP contribution in [-0.4, -0.2) is 52.0 Å². The molecule has 2 atom stereocenters. The highest BCUT2D eigenvalue weighted by molar-refractivity contribution is 7.91. The minimum Gasteiger partial charge on any atom is -0.337 e. The Kier molecular flexibility index (Phi) is 6.59. The first kappa shape index (κ1) is 22.4. The van der Waals surface area contributed by atoms with Crippen LogP contribution in [0.15, 0.2) is 64.4 Å². The Morgan fingerprint density at radius 3 is 2.43 bits per heavy atom. The van der Waals surface area contributed by atoms with Gasteiger partial charge in [-0.15, -0.1) is 0 Å². The third kappa shape index (κ3) is 5.05. The smallest absolute Gasteiger partial charge is 0.241 e. The molecule has 30 heavy (non-hydrogen) atoms. The van der Waals surface area contributed by atoms with Crippen molar-refractivity contribution < 1.29 is 26.0 Å². The number of amides is 1. The number of halogens is 1. The highest BCUT2D eigenvalue weighted by atomic mass is 32.2. The van der Waals surface area contributed by atoms with E-state index in [9.17, 15) is 26.0 Å². The number of hydrogen-bond acceptors (Lipinski definition) is 5. The van der Waals surface area contributed by atoms with E-state index in [0.29, 0.717) is 19.4 Å². The average Bonchev–Trinajstić information content (AvgIpc) is 3.15.